The predicted octanol–water partition coefficient (Wildman–Crippen LogP) is 5.66. The Hall–Kier alpha value is -1.32. The molecular weight excluding hydrogens is 277 g/mol. The van der Waals surface area contributed by atoms with Gasteiger partial charge in [0.25, 0.3) is 0 Å². The number of ketones is 1. The van der Waals surface area contributed by atoms with Crippen LogP contribution in [-0.4, -0.2) is 5.78 Å². The molecule has 0 fully saturated rings. The van der Waals surface area contributed by atoms with Crippen molar-refractivity contribution >= 4 is 5.78 Å². The summed E-state index contributed by atoms with van der Waals surface area (Å²) >= 11 is 0. The van der Waals surface area contributed by atoms with Crippen molar-refractivity contribution in [1.82, 2.24) is 0 Å². The van der Waals surface area contributed by atoms with E-state index in [1.54, 1.807) is 6.92 Å². The molecule has 4 heteroatoms. The van der Waals surface area contributed by atoms with Gasteiger partial charge in [-0.25, -0.2) is 0 Å². The molecular formula is C17H23F3O. The number of carbonyl (C=O) groups is 1. The minimum Gasteiger partial charge on any atom is -0.294 e. The van der Waals surface area contributed by atoms with Gasteiger partial charge in [0.1, 0.15) is 0 Å². The van der Waals surface area contributed by atoms with E-state index in [4.69, 9.17) is 0 Å². The average Bonchev–Trinajstić information content (AvgIpc) is 2.24. The zero-order valence-corrected chi connectivity index (χ0v) is 13.3. The highest BCUT2D eigenvalue weighted by atomic mass is 19.4. The van der Waals surface area contributed by atoms with E-state index in [1.165, 1.54) is 6.07 Å². The first-order valence-electron chi connectivity index (χ1n) is 7.11. The van der Waals surface area contributed by atoms with Crippen molar-refractivity contribution in [2.45, 2.75) is 53.6 Å². The summed E-state index contributed by atoms with van der Waals surface area (Å²) in [5.74, 6) is 0.122. The summed E-state index contributed by atoms with van der Waals surface area (Å²) in [7, 11) is 0. The van der Waals surface area contributed by atoms with Gasteiger partial charge in [0.05, 0.1) is 5.56 Å². The minimum atomic E-state index is -4.37. The highest BCUT2D eigenvalue weighted by molar-refractivity contribution is 5.97. The minimum absolute atomic E-state index is 0.0852. The van der Waals surface area contributed by atoms with Crippen LogP contribution in [0, 0.1) is 18.3 Å². The van der Waals surface area contributed by atoms with Gasteiger partial charge >= 0.3 is 6.18 Å². The van der Waals surface area contributed by atoms with Crippen molar-refractivity contribution in [3.63, 3.8) is 0 Å². The lowest BCUT2D eigenvalue weighted by atomic mass is 9.82. The van der Waals surface area contributed by atoms with E-state index in [-0.39, 0.29) is 17.1 Å². The molecule has 1 atom stereocenters. The van der Waals surface area contributed by atoms with Crippen LogP contribution in [0.4, 0.5) is 13.2 Å². The molecule has 0 saturated heterocycles. The van der Waals surface area contributed by atoms with Gasteiger partial charge in [-0.05, 0) is 42.4 Å². The highest BCUT2D eigenvalue weighted by Gasteiger charge is 2.31. The van der Waals surface area contributed by atoms with E-state index in [9.17, 15) is 18.0 Å². The van der Waals surface area contributed by atoms with Crippen LogP contribution in [0.15, 0.2) is 18.2 Å². The van der Waals surface area contributed by atoms with E-state index in [0.717, 1.165) is 18.6 Å². The standard InChI is InChI=1S/C17H23F3O/c1-11(10-16(3,4)5)8-15(21)14-7-6-13(9-12(14)2)17(18,19)20/h6-7,9,11H,8,10H2,1-5H3. The molecule has 1 aromatic carbocycles. The number of alkyl halides is 3. The number of carbonyl (C=O) groups excluding carboxylic acids is 1. The Morgan fingerprint density at radius 1 is 1.19 bits per heavy atom. The molecule has 0 radical (unpaired) electrons. The van der Waals surface area contributed by atoms with Crippen LogP contribution in [0.3, 0.4) is 0 Å². The third-order valence-electron chi connectivity index (χ3n) is 3.35. The van der Waals surface area contributed by atoms with Crippen LogP contribution in [0.25, 0.3) is 0 Å². The van der Waals surface area contributed by atoms with Gasteiger partial charge in [-0.3, -0.25) is 4.79 Å². The second kappa shape index (κ2) is 6.20. The van der Waals surface area contributed by atoms with Crippen molar-refractivity contribution in [3.8, 4) is 0 Å². The molecule has 0 heterocycles. The molecule has 0 bridgehead atoms. The number of halogens is 3. The van der Waals surface area contributed by atoms with Crippen molar-refractivity contribution in [3.05, 3.63) is 34.9 Å². The van der Waals surface area contributed by atoms with E-state index in [1.807, 2.05) is 6.92 Å². The molecule has 0 N–H and O–H groups in total. The largest absolute Gasteiger partial charge is 0.416 e. The number of hydrogen-bond donors (Lipinski definition) is 0. The van der Waals surface area contributed by atoms with Crippen molar-refractivity contribution in [2.24, 2.45) is 11.3 Å². The third kappa shape index (κ3) is 5.52. The third-order valence-corrected chi connectivity index (χ3v) is 3.35. The molecule has 21 heavy (non-hydrogen) atoms. The Bertz CT molecular complexity index is 510. The Morgan fingerprint density at radius 2 is 1.76 bits per heavy atom. The molecule has 0 aliphatic carbocycles. The van der Waals surface area contributed by atoms with Crippen LogP contribution in [0.1, 0.15) is 62.0 Å². The number of aryl methyl sites for hydroxylation is 1. The van der Waals surface area contributed by atoms with Gasteiger partial charge in [0, 0.05) is 12.0 Å². The normalized spacial score (nSPS) is 14.1. The predicted molar refractivity (Wildman–Crippen MR) is 78.4 cm³/mol. The van der Waals surface area contributed by atoms with Crippen molar-refractivity contribution in [1.29, 1.82) is 0 Å². The van der Waals surface area contributed by atoms with E-state index in [2.05, 4.69) is 20.8 Å². The highest BCUT2D eigenvalue weighted by Crippen LogP contribution is 2.31. The first-order chi connectivity index (χ1) is 9.40. The lowest BCUT2D eigenvalue weighted by Gasteiger charge is -2.23. The number of benzene rings is 1. The first kappa shape index (κ1) is 17.7. The monoisotopic (exact) mass is 300 g/mol. The van der Waals surface area contributed by atoms with Gasteiger partial charge in [-0.2, -0.15) is 13.2 Å². The van der Waals surface area contributed by atoms with Crippen molar-refractivity contribution in [2.75, 3.05) is 0 Å². The van der Waals surface area contributed by atoms with Gasteiger partial charge in [-0.1, -0.05) is 33.8 Å². The summed E-state index contributed by atoms with van der Waals surface area (Å²) < 4.78 is 37.8. The number of hydrogen-bond acceptors (Lipinski definition) is 1. The zero-order valence-electron chi connectivity index (χ0n) is 13.3. The maximum absolute atomic E-state index is 12.6. The van der Waals surface area contributed by atoms with E-state index >= 15 is 0 Å². The van der Waals surface area contributed by atoms with Gasteiger partial charge in [0.2, 0.25) is 0 Å². The summed E-state index contributed by atoms with van der Waals surface area (Å²) in [6.07, 6.45) is -3.10. The van der Waals surface area contributed by atoms with Crippen LogP contribution in [-0.2, 0) is 6.18 Å². The Labute approximate surface area is 124 Å². The molecule has 0 aliphatic rings. The SMILES string of the molecule is Cc1cc(C(F)(F)F)ccc1C(=O)CC(C)CC(C)(C)C. The summed E-state index contributed by atoms with van der Waals surface area (Å²) in [4.78, 5) is 12.2. The quantitative estimate of drug-likeness (QED) is 0.656. The molecule has 118 valence electrons. The van der Waals surface area contributed by atoms with Crippen LogP contribution < -0.4 is 0 Å². The van der Waals surface area contributed by atoms with Crippen molar-refractivity contribution < 1.29 is 18.0 Å². The molecule has 1 nitrogen and oxygen atoms in total. The lowest BCUT2D eigenvalue weighted by molar-refractivity contribution is -0.137. The molecule has 0 aliphatic heterocycles. The summed E-state index contributed by atoms with van der Waals surface area (Å²) in [6.45, 7) is 9.88. The molecule has 1 rings (SSSR count). The number of Topliss-reactive ketones (excluding diaryl/α,β-unsaturated/α-hetero) is 1. The van der Waals surface area contributed by atoms with Crippen LogP contribution in [0.2, 0.25) is 0 Å². The second-order valence-electron chi connectivity index (χ2n) is 7.02. The topological polar surface area (TPSA) is 17.1 Å². The lowest BCUT2D eigenvalue weighted by Crippen LogP contribution is -2.15. The molecule has 0 spiro atoms. The summed E-state index contributed by atoms with van der Waals surface area (Å²) in [5, 5.41) is 0. The Morgan fingerprint density at radius 3 is 2.19 bits per heavy atom. The first-order valence-corrected chi connectivity index (χ1v) is 7.11. The maximum atomic E-state index is 12.6. The molecule has 0 aromatic heterocycles. The molecule has 0 saturated carbocycles. The zero-order chi connectivity index (χ0) is 16.4. The van der Waals surface area contributed by atoms with Gasteiger partial charge < -0.3 is 0 Å². The smallest absolute Gasteiger partial charge is 0.294 e. The fraction of sp³-hybridized carbons (Fsp3) is 0.588. The Kier molecular flexibility index (Phi) is 5.24. The summed E-state index contributed by atoms with van der Waals surface area (Å²) in [5.41, 5.74) is 0.204. The van der Waals surface area contributed by atoms with Gasteiger partial charge in [-0.15, -0.1) is 0 Å². The fourth-order valence-electron chi connectivity index (χ4n) is 2.70. The average molecular weight is 300 g/mol. The van der Waals surface area contributed by atoms with E-state index in [0.29, 0.717) is 17.5 Å². The van der Waals surface area contributed by atoms with Gasteiger partial charge in [0.15, 0.2) is 5.78 Å². The number of rotatable bonds is 4. The molecule has 1 unspecified atom stereocenters. The molecule has 0 amide bonds. The maximum Gasteiger partial charge on any atom is 0.416 e. The molecule has 1 aromatic rings. The van der Waals surface area contributed by atoms with E-state index < -0.39 is 11.7 Å². The van der Waals surface area contributed by atoms with Crippen LogP contribution >= 0.6 is 0 Å². The fourth-order valence-corrected chi connectivity index (χ4v) is 2.70. The van der Waals surface area contributed by atoms with Crippen LogP contribution in [0.5, 0.6) is 0 Å². The second-order valence-corrected chi connectivity index (χ2v) is 7.02. The Balaban J connectivity index is 2.85. The summed E-state index contributed by atoms with van der Waals surface area (Å²) in [6, 6.07) is 3.32.